The average Bonchev–Trinajstić information content (AvgIpc) is 2.77. The van der Waals surface area contributed by atoms with Gasteiger partial charge in [0.05, 0.1) is 12.2 Å². The number of nitrogens with one attached hydrogen (secondary N) is 2. The molecule has 0 bridgehead atoms. The number of aliphatic imine (C=N–C) groups is 1. The molecular weight excluding hydrogens is 487 g/mol. The molecule has 0 spiro atoms. The van der Waals surface area contributed by atoms with Gasteiger partial charge < -0.3 is 15.4 Å². The van der Waals surface area contributed by atoms with E-state index in [1.807, 2.05) is 42.5 Å². The molecule has 0 radical (unpaired) electrons. The Balaban J connectivity index is 0.00000320. The molecule has 0 atom stereocenters. The summed E-state index contributed by atoms with van der Waals surface area (Å²) in [5.41, 5.74) is 4.54. The Morgan fingerprint density at radius 3 is 2.33 bits per heavy atom. The summed E-state index contributed by atoms with van der Waals surface area (Å²) < 4.78 is 5.78. The zero-order valence-corrected chi connectivity index (χ0v) is 19.8. The van der Waals surface area contributed by atoms with Crippen molar-refractivity contribution in [2.24, 2.45) is 4.99 Å². The van der Waals surface area contributed by atoms with Crippen molar-refractivity contribution in [1.29, 1.82) is 0 Å². The van der Waals surface area contributed by atoms with Crippen molar-refractivity contribution in [3.05, 3.63) is 95.3 Å². The third-order valence-electron chi connectivity index (χ3n) is 4.38. The summed E-state index contributed by atoms with van der Waals surface area (Å²) in [6.07, 6.45) is 1.77. The Kier molecular flexibility index (Phi) is 10.1. The fraction of sp³-hybridized carbons (Fsp3) is 0.250. The van der Waals surface area contributed by atoms with Crippen molar-refractivity contribution in [2.75, 3.05) is 6.54 Å². The maximum atomic E-state index is 5.78. The van der Waals surface area contributed by atoms with Gasteiger partial charge >= 0.3 is 0 Å². The summed E-state index contributed by atoms with van der Waals surface area (Å²) in [7, 11) is 0. The molecule has 1 heterocycles. The molecule has 30 heavy (non-hydrogen) atoms. The standard InChI is InChI=1S/C24H28N4O.HI/c1-3-25-24(27-16-20-9-7-19(2)8-10-20)28-17-21-11-13-23(14-12-21)29-18-22-6-4-5-15-26-22;/h4-15H,3,16-18H2,1-2H3,(H2,25,27,28);1H. The minimum absolute atomic E-state index is 0. The maximum absolute atomic E-state index is 5.78. The van der Waals surface area contributed by atoms with Crippen LogP contribution in [0.5, 0.6) is 5.75 Å². The number of aromatic nitrogens is 1. The molecule has 6 heteroatoms. The number of pyridine rings is 1. The fourth-order valence-electron chi connectivity index (χ4n) is 2.74. The first-order valence-corrected chi connectivity index (χ1v) is 9.92. The third kappa shape index (κ3) is 8.02. The number of nitrogens with zero attached hydrogens (tertiary/aromatic N) is 2. The molecule has 158 valence electrons. The van der Waals surface area contributed by atoms with Crippen molar-refractivity contribution in [1.82, 2.24) is 15.6 Å². The smallest absolute Gasteiger partial charge is 0.191 e. The van der Waals surface area contributed by atoms with Crippen LogP contribution in [0.1, 0.15) is 29.3 Å². The number of ether oxygens (including phenoxy) is 1. The monoisotopic (exact) mass is 516 g/mol. The van der Waals surface area contributed by atoms with Crippen LogP contribution in [0.15, 0.2) is 77.9 Å². The Morgan fingerprint density at radius 1 is 0.933 bits per heavy atom. The number of aryl methyl sites for hydroxylation is 1. The van der Waals surface area contributed by atoms with Gasteiger partial charge in [-0.05, 0) is 49.2 Å². The van der Waals surface area contributed by atoms with Crippen LogP contribution in [0.25, 0.3) is 0 Å². The normalized spacial score (nSPS) is 10.8. The van der Waals surface area contributed by atoms with E-state index in [9.17, 15) is 0 Å². The quantitative estimate of drug-likeness (QED) is 0.256. The largest absolute Gasteiger partial charge is 0.487 e. The van der Waals surface area contributed by atoms with Gasteiger partial charge in [-0.15, -0.1) is 24.0 Å². The van der Waals surface area contributed by atoms with Gasteiger partial charge in [0.1, 0.15) is 12.4 Å². The van der Waals surface area contributed by atoms with E-state index in [-0.39, 0.29) is 24.0 Å². The fourth-order valence-corrected chi connectivity index (χ4v) is 2.74. The van der Waals surface area contributed by atoms with E-state index in [4.69, 9.17) is 4.74 Å². The van der Waals surface area contributed by atoms with Crippen molar-refractivity contribution >= 4 is 29.9 Å². The number of guanidine groups is 1. The van der Waals surface area contributed by atoms with Gasteiger partial charge in [0.15, 0.2) is 5.96 Å². The molecule has 0 aliphatic carbocycles. The summed E-state index contributed by atoms with van der Waals surface area (Å²) in [5, 5.41) is 6.68. The summed E-state index contributed by atoms with van der Waals surface area (Å²) in [6, 6.07) is 22.4. The Morgan fingerprint density at radius 2 is 1.67 bits per heavy atom. The SMILES string of the molecule is CCNC(=NCc1ccc(OCc2ccccn2)cc1)NCc1ccc(C)cc1.I. The summed E-state index contributed by atoms with van der Waals surface area (Å²) in [5.74, 6) is 1.64. The third-order valence-corrected chi connectivity index (χ3v) is 4.38. The molecule has 2 N–H and O–H groups in total. The van der Waals surface area contributed by atoms with Crippen molar-refractivity contribution in [3.8, 4) is 5.75 Å². The predicted octanol–water partition coefficient (Wildman–Crippen LogP) is 4.84. The van der Waals surface area contributed by atoms with E-state index < -0.39 is 0 Å². The highest BCUT2D eigenvalue weighted by molar-refractivity contribution is 14.0. The number of halogens is 1. The predicted molar refractivity (Wildman–Crippen MR) is 133 cm³/mol. The Hall–Kier alpha value is -2.61. The highest BCUT2D eigenvalue weighted by Crippen LogP contribution is 2.14. The van der Waals surface area contributed by atoms with E-state index in [0.29, 0.717) is 13.2 Å². The molecule has 5 nitrogen and oxygen atoms in total. The first kappa shape index (κ1) is 23.7. The van der Waals surface area contributed by atoms with Gasteiger partial charge in [0.2, 0.25) is 0 Å². The summed E-state index contributed by atoms with van der Waals surface area (Å²) >= 11 is 0. The maximum Gasteiger partial charge on any atom is 0.191 e. The van der Waals surface area contributed by atoms with Gasteiger partial charge in [0, 0.05) is 19.3 Å². The van der Waals surface area contributed by atoms with Gasteiger partial charge in [-0.2, -0.15) is 0 Å². The first-order chi connectivity index (χ1) is 14.2. The molecular formula is C24H29IN4O. The molecule has 0 unspecified atom stereocenters. The second-order valence-corrected chi connectivity index (χ2v) is 6.79. The molecule has 0 aliphatic heterocycles. The zero-order chi connectivity index (χ0) is 20.3. The van der Waals surface area contributed by atoms with Crippen LogP contribution in [0, 0.1) is 6.92 Å². The average molecular weight is 516 g/mol. The van der Waals surface area contributed by atoms with E-state index in [2.05, 4.69) is 58.7 Å². The molecule has 0 saturated heterocycles. The van der Waals surface area contributed by atoms with Gasteiger partial charge in [0.25, 0.3) is 0 Å². The first-order valence-electron chi connectivity index (χ1n) is 9.92. The molecule has 0 saturated carbocycles. The van der Waals surface area contributed by atoms with Gasteiger partial charge in [-0.25, -0.2) is 4.99 Å². The Bertz CT molecular complexity index is 897. The van der Waals surface area contributed by atoms with Gasteiger partial charge in [-0.3, -0.25) is 4.98 Å². The summed E-state index contributed by atoms with van der Waals surface area (Å²) in [4.78, 5) is 8.95. The molecule has 2 aromatic carbocycles. The van der Waals surface area contributed by atoms with Crippen LogP contribution in [-0.4, -0.2) is 17.5 Å². The van der Waals surface area contributed by atoms with E-state index in [0.717, 1.165) is 36.1 Å². The van der Waals surface area contributed by atoms with Crippen LogP contribution in [-0.2, 0) is 19.7 Å². The van der Waals surface area contributed by atoms with E-state index in [1.165, 1.54) is 11.1 Å². The van der Waals surface area contributed by atoms with Crippen molar-refractivity contribution in [3.63, 3.8) is 0 Å². The zero-order valence-electron chi connectivity index (χ0n) is 17.5. The van der Waals surface area contributed by atoms with Gasteiger partial charge in [-0.1, -0.05) is 48.0 Å². The lowest BCUT2D eigenvalue weighted by molar-refractivity contribution is 0.301. The highest BCUT2D eigenvalue weighted by Gasteiger charge is 2.01. The lowest BCUT2D eigenvalue weighted by Crippen LogP contribution is -2.36. The molecule has 1 aromatic heterocycles. The molecule has 0 aliphatic rings. The lowest BCUT2D eigenvalue weighted by atomic mass is 10.1. The number of rotatable bonds is 8. The molecule has 0 amide bonds. The topological polar surface area (TPSA) is 58.5 Å². The minimum Gasteiger partial charge on any atom is -0.487 e. The van der Waals surface area contributed by atoms with Crippen LogP contribution >= 0.6 is 24.0 Å². The number of hydrogen-bond acceptors (Lipinski definition) is 3. The van der Waals surface area contributed by atoms with Crippen LogP contribution in [0.2, 0.25) is 0 Å². The molecule has 3 rings (SSSR count). The lowest BCUT2D eigenvalue weighted by Gasteiger charge is -2.12. The van der Waals surface area contributed by atoms with Crippen molar-refractivity contribution < 1.29 is 4.74 Å². The van der Waals surface area contributed by atoms with E-state index >= 15 is 0 Å². The summed E-state index contributed by atoms with van der Waals surface area (Å²) in [6.45, 7) is 6.79. The van der Waals surface area contributed by atoms with E-state index in [1.54, 1.807) is 6.20 Å². The molecule has 0 fully saturated rings. The minimum atomic E-state index is 0. The number of benzene rings is 2. The molecule has 3 aromatic rings. The van der Waals surface area contributed by atoms with Crippen LogP contribution < -0.4 is 15.4 Å². The van der Waals surface area contributed by atoms with Crippen LogP contribution in [0.3, 0.4) is 0 Å². The van der Waals surface area contributed by atoms with Crippen molar-refractivity contribution in [2.45, 2.75) is 33.5 Å². The highest BCUT2D eigenvalue weighted by atomic mass is 127. The second-order valence-electron chi connectivity index (χ2n) is 6.79. The second kappa shape index (κ2) is 12.8. The van der Waals surface area contributed by atoms with Crippen LogP contribution in [0.4, 0.5) is 0 Å². The number of hydrogen-bond donors (Lipinski definition) is 2. The Labute approximate surface area is 196 Å².